The number of ketones is 1. The summed E-state index contributed by atoms with van der Waals surface area (Å²) < 4.78 is 135. The number of unbranched alkanes of at least 4 members (excludes halogenated alkanes) is 1. The Hall–Kier alpha value is -0.350. The van der Waals surface area contributed by atoms with E-state index in [1.807, 2.05) is 11.8 Å². The van der Waals surface area contributed by atoms with Gasteiger partial charge in [-0.1, -0.05) is 13.3 Å². The molecule has 0 spiro atoms. The van der Waals surface area contributed by atoms with E-state index in [9.17, 15) is 57.3 Å². The van der Waals surface area contributed by atoms with Gasteiger partial charge in [0.2, 0.25) is 0 Å². The third-order valence-electron chi connectivity index (χ3n) is 3.64. The third kappa shape index (κ3) is 7.36. The number of thioether (sulfide) groups is 1. The molecule has 4 nitrogen and oxygen atoms in total. The van der Waals surface area contributed by atoms with E-state index in [-0.39, 0.29) is 0 Å². The topological polar surface area (TPSA) is 74.3 Å². The fraction of sp³-hybridized carbons (Fsp3) is 0.929. The molecule has 0 saturated carbocycles. The molecule has 1 fully saturated rings. The van der Waals surface area contributed by atoms with Crippen LogP contribution in [-0.4, -0.2) is 70.8 Å². The van der Waals surface area contributed by atoms with Gasteiger partial charge in [0.1, 0.15) is 11.5 Å². The molecular weight excluding hydrogens is 499 g/mol. The molecule has 0 aliphatic carbocycles. The van der Waals surface area contributed by atoms with Gasteiger partial charge in [0.25, 0.3) is 0 Å². The lowest BCUT2D eigenvalue weighted by atomic mass is 10.1. The van der Waals surface area contributed by atoms with E-state index in [1.165, 1.54) is 23.0 Å². The summed E-state index contributed by atoms with van der Waals surface area (Å²) in [6.07, 6.45) is -4.10. The van der Waals surface area contributed by atoms with Crippen molar-refractivity contribution in [3.05, 3.63) is 0 Å². The Labute approximate surface area is 174 Å². The molecule has 1 aliphatic heterocycles. The van der Waals surface area contributed by atoms with Crippen molar-refractivity contribution in [2.45, 2.75) is 49.5 Å². The highest BCUT2D eigenvalue weighted by molar-refractivity contribution is 8.05. The number of rotatable bonds is 8. The van der Waals surface area contributed by atoms with E-state index in [0.29, 0.717) is 16.7 Å². The average molecular weight is 518 g/mol. The van der Waals surface area contributed by atoms with Crippen molar-refractivity contribution >= 4 is 38.6 Å². The largest absolute Gasteiger partial charge is 0.743 e. The van der Waals surface area contributed by atoms with E-state index in [2.05, 4.69) is 6.92 Å². The monoisotopic (exact) mass is 518 g/mol. The summed E-state index contributed by atoms with van der Waals surface area (Å²) in [7, 11) is -6.97. The summed E-state index contributed by atoms with van der Waals surface area (Å²) >= 11 is 2.04. The van der Waals surface area contributed by atoms with Crippen molar-refractivity contribution < 1.29 is 57.3 Å². The number of carbonyl (C=O) groups is 1. The molecule has 1 saturated heterocycles. The smallest absolute Gasteiger partial charge is 0.460 e. The molecule has 0 amide bonds. The highest BCUT2D eigenvalue weighted by Gasteiger charge is 2.83. The molecule has 1 heterocycles. The number of Topliss-reactive ketones (excluding diaryl/α,β-unsaturated/α-hetero) is 1. The predicted octanol–water partition coefficient (Wildman–Crippen LogP) is 4.07. The Bertz CT molecular complexity index is 660. The second-order valence-corrected chi connectivity index (χ2v) is 11.0. The van der Waals surface area contributed by atoms with Crippen LogP contribution in [-0.2, 0) is 25.8 Å². The molecule has 0 aromatic rings. The Kier molecular flexibility index (Phi) is 10.9. The Balaban J connectivity index is 0.000000579. The Morgan fingerprint density at radius 3 is 1.80 bits per heavy atom. The molecule has 0 unspecified atom stereocenters. The molecule has 16 heteroatoms. The summed E-state index contributed by atoms with van der Waals surface area (Å²) in [6, 6.07) is 0. The minimum absolute atomic E-state index is 0.451. The van der Waals surface area contributed by atoms with Crippen LogP contribution >= 0.6 is 11.8 Å². The summed E-state index contributed by atoms with van der Waals surface area (Å²) in [5.41, 5.74) is 0. The van der Waals surface area contributed by atoms with Gasteiger partial charge in [-0.3, -0.25) is 4.79 Å². The number of hydrogen-bond donors (Lipinski definition) is 0. The van der Waals surface area contributed by atoms with Crippen molar-refractivity contribution in [2.75, 3.05) is 28.8 Å². The minimum Gasteiger partial charge on any atom is -0.743 e. The van der Waals surface area contributed by atoms with E-state index in [1.54, 1.807) is 0 Å². The second kappa shape index (κ2) is 11.0. The molecule has 0 N–H and O–H groups in total. The summed E-state index contributed by atoms with van der Waals surface area (Å²) in [5.74, 6) is -8.27. The van der Waals surface area contributed by atoms with E-state index < -0.39 is 33.4 Å². The maximum atomic E-state index is 12.2. The summed E-state index contributed by atoms with van der Waals surface area (Å²) in [5, 5.41) is -7.11. The third-order valence-corrected chi connectivity index (χ3v) is 8.32. The standard InChI is InChI=1S/C10H19OS2.C4HF9O3S/c1-2-3-4-10(11)9-13-7-5-12-6-8-13;5-1(6,3(9,10)11)2(7,8)4(12,13)17(14,15)16/h2-9H2,1H3;(H,14,15,16)/q+1;/p-1. The lowest BCUT2D eigenvalue weighted by Crippen LogP contribution is -2.63. The number of alkyl halides is 9. The van der Waals surface area contributed by atoms with E-state index in [0.717, 1.165) is 25.0 Å². The van der Waals surface area contributed by atoms with Gasteiger partial charge in [-0.15, -0.1) is 0 Å². The van der Waals surface area contributed by atoms with Crippen molar-refractivity contribution in [3.63, 3.8) is 0 Å². The highest BCUT2D eigenvalue weighted by atomic mass is 32.2. The quantitative estimate of drug-likeness (QED) is 0.275. The Morgan fingerprint density at radius 1 is 0.967 bits per heavy atom. The highest BCUT2D eigenvalue weighted by Crippen LogP contribution is 2.54. The number of carbonyl (C=O) groups excluding carboxylic acids is 1. The fourth-order valence-electron chi connectivity index (χ4n) is 1.89. The first-order valence-electron chi connectivity index (χ1n) is 8.22. The zero-order valence-electron chi connectivity index (χ0n) is 15.4. The molecular formula is C14H19F9O4S3. The average Bonchev–Trinajstić information content (AvgIpc) is 2.59. The van der Waals surface area contributed by atoms with Crippen LogP contribution in [0.15, 0.2) is 0 Å². The van der Waals surface area contributed by atoms with Gasteiger partial charge in [0.05, 0.1) is 0 Å². The normalized spacial score (nSPS) is 17.3. The van der Waals surface area contributed by atoms with Crippen LogP contribution < -0.4 is 0 Å². The van der Waals surface area contributed by atoms with Gasteiger partial charge >= 0.3 is 23.3 Å². The molecule has 0 atom stereocenters. The molecule has 0 aromatic heterocycles. The van der Waals surface area contributed by atoms with Crippen LogP contribution in [0, 0.1) is 0 Å². The molecule has 180 valence electrons. The van der Waals surface area contributed by atoms with Gasteiger partial charge in [-0.05, 0) is 17.3 Å². The van der Waals surface area contributed by atoms with Gasteiger partial charge in [-0.25, -0.2) is 8.42 Å². The zero-order valence-corrected chi connectivity index (χ0v) is 17.9. The SMILES string of the molecule is CCCCC(=O)C[S+]1CCSCC1.O=S(=O)([O-])C(F)(F)C(F)(F)C(F)(F)C(F)(F)F. The predicted molar refractivity (Wildman–Crippen MR) is 94.4 cm³/mol. The van der Waals surface area contributed by atoms with Crippen LogP contribution in [0.4, 0.5) is 39.5 Å². The van der Waals surface area contributed by atoms with Gasteiger partial charge in [0.15, 0.2) is 21.7 Å². The molecule has 0 bridgehead atoms. The minimum atomic E-state index is -7.43. The lowest BCUT2D eigenvalue weighted by molar-refractivity contribution is -0.382. The van der Waals surface area contributed by atoms with Crippen LogP contribution in [0.3, 0.4) is 0 Å². The first-order chi connectivity index (χ1) is 13.3. The van der Waals surface area contributed by atoms with Gasteiger partial charge < -0.3 is 4.55 Å². The fourth-order valence-corrected chi connectivity index (χ4v) is 6.46. The number of hydrogen-bond acceptors (Lipinski definition) is 5. The Morgan fingerprint density at radius 2 is 1.43 bits per heavy atom. The summed E-state index contributed by atoms with van der Waals surface area (Å²) in [6.45, 7) is 2.15. The maximum absolute atomic E-state index is 12.2. The van der Waals surface area contributed by atoms with Crippen molar-refractivity contribution in [3.8, 4) is 0 Å². The van der Waals surface area contributed by atoms with Gasteiger partial charge in [-0.2, -0.15) is 51.3 Å². The van der Waals surface area contributed by atoms with Crippen LogP contribution in [0.5, 0.6) is 0 Å². The lowest BCUT2D eigenvalue weighted by Gasteiger charge is -2.34. The van der Waals surface area contributed by atoms with E-state index >= 15 is 0 Å². The number of halogens is 9. The van der Waals surface area contributed by atoms with Crippen molar-refractivity contribution in [1.82, 2.24) is 0 Å². The zero-order chi connectivity index (χ0) is 24.0. The molecule has 0 aromatic carbocycles. The molecule has 1 rings (SSSR count). The summed E-state index contributed by atoms with van der Waals surface area (Å²) in [4.78, 5) is 11.5. The van der Waals surface area contributed by atoms with Crippen molar-refractivity contribution in [2.24, 2.45) is 0 Å². The molecule has 0 radical (unpaired) electrons. The van der Waals surface area contributed by atoms with Crippen LogP contribution in [0.1, 0.15) is 26.2 Å². The maximum Gasteiger partial charge on any atom is 0.460 e. The molecule has 1 aliphatic rings. The van der Waals surface area contributed by atoms with Crippen LogP contribution in [0.25, 0.3) is 0 Å². The molecule has 30 heavy (non-hydrogen) atoms. The van der Waals surface area contributed by atoms with Crippen LogP contribution in [0.2, 0.25) is 0 Å². The van der Waals surface area contributed by atoms with Crippen molar-refractivity contribution in [1.29, 1.82) is 0 Å². The first-order valence-corrected chi connectivity index (χ1v) is 12.5. The van der Waals surface area contributed by atoms with E-state index in [4.69, 9.17) is 0 Å². The first kappa shape index (κ1) is 29.7. The second-order valence-electron chi connectivity index (χ2n) is 6.04. The van der Waals surface area contributed by atoms with Gasteiger partial charge in [0, 0.05) is 17.9 Å².